The Morgan fingerprint density at radius 1 is 1.09 bits per heavy atom. The third-order valence-electron chi connectivity index (χ3n) is 3.36. The number of fused-ring (bicyclic) bond motifs is 1. The van der Waals surface area contributed by atoms with Crippen molar-refractivity contribution in [2.75, 3.05) is 5.73 Å². The molecule has 23 heavy (non-hydrogen) atoms. The maximum absolute atomic E-state index is 12.6. The molecule has 2 aromatic carbocycles. The van der Waals surface area contributed by atoms with Crippen molar-refractivity contribution in [1.29, 1.82) is 0 Å². The molecule has 4 nitrogen and oxygen atoms in total. The average molecular weight is 366 g/mol. The van der Waals surface area contributed by atoms with Crippen LogP contribution in [-0.2, 0) is 15.6 Å². The molecule has 3 aromatic rings. The van der Waals surface area contributed by atoms with Crippen molar-refractivity contribution < 1.29 is 8.42 Å². The van der Waals surface area contributed by atoms with Crippen LogP contribution in [0, 0.1) is 0 Å². The number of halogens is 1. The second kappa shape index (κ2) is 5.96. The minimum atomic E-state index is -3.77. The molecule has 0 saturated carbocycles. The van der Waals surface area contributed by atoms with E-state index in [-0.39, 0.29) is 10.6 Å². The van der Waals surface area contributed by atoms with Crippen LogP contribution in [0.15, 0.2) is 58.2 Å². The van der Waals surface area contributed by atoms with Gasteiger partial charge in [-0.1, -0.05) is 47.2 Å². The summed E-state index contributed by atoms with van der Waals surface area (Å²) in [6.07, 6.45) is 0. The quantitative estimate of drug-likeness (QED) is 0.721. The molecular weight excluding hydrogens is 354 g/mol. The molecule has 0 unspecified atom stereocenters. The van der Waals surface area contributed by atoms with Gasteiger partial charge in [0.15, 0.2) is 9.84 Å². The molecule has 1 aromatic heterocycles. The Hall–Kier alpha value is -1.89. The Labute approximate surface area is 142 Å². The molecule has 0 aliphatic carbocycles. The predicted octanol–water partition coefficient (Wildman–Crippen LogP) is 3.47. The molecule has 0 saturated heterocycles. The van der Waals surface area contributed by atoms with Crippen LogP contribution < -0.4 is 10.5 Å². The van der Waals surface area contributed by atoms with Gasteiger partial charge in [-0.3, -0.25) is 4.79 Å². The first kappa shape index (κ1) is 16.0. The van der Waals surface area contributed by atoms with Crippen molar-refractivity contribution in [1.82, 2.24) is 0 Å². The van der Waals surface area contributed by atoms with Crippen LogP contribution in [0.4, 0.5) is 5.69 Å². The van der Waals surface area contributed by atoms with Gasteiger partial charge in [0.05, 0.1) is 16.5 Å². The molecule has 7 heteroatoms. The molecule has 118 valence electrons. The van der Waals surface area contributed by atoms with E-state index in [0.717, 1.165) is 21.4 Å². The first-order chi connectivity index (χ1) is 10.9. The van der Waals surface area contributed by atoms with Crippen molar-refractivity contribution in [2.45, 2.75) is 10.6 Å². The van der Waals surface area contributed by atoms with E-state index in [0.29, 0.717) is 16.3 Å². The molecule has 0 bridgehead atoms. The lowest BCUT2D eigenvalue weighted by molar-refractivity contribution is 0.595. The first-order valence-corrected chi connectivity index (χ1v) is 9.51. The van der Waals surface area contributed by atoms with Crippen molar-refractivity contribution in [3.63, 3.8) is 0 Å². The van der Waals surface area contributed by atoms with E-state index in [1.165, 1.54) is 12.1 Å². The van der Waals surface area contributed by atoms with Gasteiger partial charge in [0.1, 0.15) is 4.90 Å². The van der Waals surface area contributed by atoms with E-state index in [9.17, 15) is 13.2 Å². The van der Waals surface area contributed by atoms with Gasteiger partial charge in [-0.25, -0.2) is 8.42 Å². The lowest BCUT2D eigenvalue weighted by atomic mass is 10.2. The molecule has 0 aliphatic heterocycles. The summed E-state index contributed by atoms with van der Waals surface area (Å²) in [5.74, 6) is -0.297. The molecule has 0 atom stereocenters. The Morgan fingerprint density at radius 2 is 1.83 bits per heavy atom. The zero-order valence-corrected chi connectivity index (χ0v) is 14.2. The highest BCUT2D eigenvalue weighted by Gasteiger charge is 2.20. The molecule has 3 rings (SSSR count). The summed E-state index contributed by atoms with van der Waals surface area (Å²) < 4.78 is 25.5. The van der Waals surface area contributed by atoms with E-state index in [1.807, 2.05) is 6.07 Å². The molecule has 1 heterocycles. The predicted molar refractivity (Wildman–Crippen MR) is 94.8 cm³/mol. The maximum Gasteiger partial charge on any atom is 0.251 e. The van der Waals surface area contributed by atoms with Crippen molar-refractivity contribution in [3.8, 4) is 0 Å². The van der Waals surface area contributed by atoms with Gasteiger partial charge >= 0.3 is 0 Å². The second-order valence-corrected chi connectivity index (χ2v) is 8.43. The van der Waals surface area contributed by atoms with Crippen LogP contribution in [0.2, 0.25) is 5.02 Å². The lowest BCUT2D eigenvalue weighted by Gasteiger charge is -2.06. The molecule has 0 fully saturated rings. The zero-order valence-electron chi connectivity index (χ0n) is 11.8. The minimum Gasteiger partial charge on any atom is -0.398 e. The fourth-order valence-corrected chi connectivity index (χ4v) is 4.95. The average Bonchev–Trinajstić information content (AvgIpc) is 2.50. The van der Waals surface area contributed by atoms with Crippen LogP contribution in [-0.4, -0.2) is 8.42 Å². The van der Waals surface area contributed by atoms with Gasteiger partial charge in [-0.15, -0.1) is 0 Å². The summed E-state index contributed by atoms with van der Waals surface area (Å²) in [7, 11) is -3.77. The summed E-state index contributed by atoms with van der Waals surface area (Å²) in [5, 5.41) is 1.09. The number of nitrogen functional groups attached to an aromatic ring is 1. The summed E-state index contributed by atoms with van der Waals surface area (Å²) in [6.45, 7) is 0. The van der Waals surface area contributed by atoms with Crippen molar-refractivity contribution in [3.05, 3.63) is 68.7 Å². The molecule has 0 radical (unpaired) electrons. The number of nitrogens with two attached hydrogens (primary N) is 1. The summed E-state index contributed by atoms with van der Waals surface area (Å²) >= 11 is 6.77. The van der Waals surface area contributed by atoms with Crippen LogP contribution in [0.25, 0.3) is 10.1 Å². The van der Waals surface area contributed by atoms with Crippen LogP contribution >= 0.6 is 22.9 Å². The monoisotopic (exact) mass is 365 g/mol. The fourth-order valence-electron chi connectivity index (χ4n) is 2.24. The largest absolute Gasteiger partial charge is 0.398 e. The Morgan fingerprint density at radius 3 is 2.57 bits per heavy atom. The van der Waals surface area contributed by atoms with Crippen LogP contribution in [0.5, 0.6) is 0 Å². The second-order valence-electron chi connectivity index (χ2n) is 5.05. The molecule has 2 N–H and O–H groups in total. The van der Waals surface area contributed by atoms with E-state index in [2.05, 4.69) is 0 Å². The summed E-state index contributed by atoms with van der Waals surface area (Å²) in [6, 6.07) is 13.3. The number of benzene rings is 2. The molecular formula is C16H12ClNO3S2. The Kier molecular flexibility index (Phi) is 4.14. The number of hydrogen-bond donors (Lipinski definition) is 1. The minimum absolute atomic E-state index is 0.185. The zero-order chi connectivity index (χ0) is 16.6. The van der Waals surface area contributed by atoms with Gasteiger partial charge in [0.25, 0.3) is 4.74 Å². The number of hydrogen-bond acceptors (Lipinski definition) is 5. The molecule has 0 amide bonds. The normalized spacial score (nSPS) is 11.7. The number of rotatable bonds is 3. The van der Waals surface area contributed by atoms with Gasteiger partial charge in [0, 0.05) is 4.70 Å². The van der Waals surface area contributed by atoms with E-state index >= 15 is 0 Å². The van der Waals surface area contributed by atoms with E-state index in [4.69, 9.17) is 17.3 Å². The van der Waals surface area contributed by atoms with Gasteiger partial charge in [-0.05, 0) is 35.2 Å². The van der Waals surface area contributed by atoms with Crippen molar-refractivity contribution in [2.24, 2.45) is 0 Å². The van der Waals surface area contributed by atoms with E-state index in [1.54, 1.807) is 30.3 Å². The van der Waals surface area contributed by atoms with Crippen molar-refractivity contribution >= 4 is 48.5 Å². The van der Waals surface area contributed by atoms with E-state index < -0.39 is 14.6 Å². The highest BCUT2D eigenvalue weighted by molar-refractivity contribution is 7.90. The van der Waals surface area contributed by atoms with Gasteiger partial charge < -0.3 is 5.73 Å². The SMILES string of the molecule is Nc1cc(CS(=O)(=O)c2cc3ccccc3sc2=O)ccc1Cl. The van der Waals surface area contributed by atoms with Gasteiger partial charge in [0.2, 0.25) is 0 Å². The first-order valence-electron chi connectivity index (χ1n) is 6.66. The highest BCUT2D eigenvalue weighted by atomic mass is 35.5. The Bertz CT molecular complexity index is 1060. The maximum atomic E-state index is 12.6. The molecule has 0 spiro atoms. The highest BCUT2D eigenvalue weighted by Crippen LogP contribution is 2.24. The van der Waals surface area contributed by atoms with Gasteiger partial charge in [-0.2, -0.15) is 0 Å². The Balaban J connectivity index is 2.07. The lowest BCUT2D eigenvalue weighted by Crippen LogP contribution is -2.14. The number of sulfone groups is 1. The topological polar surface area (TPSA) is 77.2 Å². The van der Waals surface area contributed by atoms with Crippen LogP contribution in [0.1, 0.15) is 5.56 Å². The van der Waals surface area contributed by atoms with Crippen LogP contribution in [0.3, 0.4) is 0 Å². The summed E-state index contributed by atoms with van der Waals surface area (Å²) in [5.41, 5.74) is 6.49. The standard InChI is InChI=1S/C16H12ClNO3S2/c17-12-6-5-10(7-13(12)18)9-23(20,21)15-8-11-3-1-2-4-14(11)22-16(15)19/h1-8H,9,18H2. The smallest absolute Gasteiger partial charge is 0.251 e. The fraction of sp³-hybridized carbons (Fsp3) is 0.0625. The number of anilines is 1. The molecule has 0 aliphatic rings. The summed E-state index contributed by atoms with van der Waals surface area (Å²) in [4.78, 5) is 12.0. The third kappa shape index (κ3) is 3.24. The third-order valence-corrected chi connectivity index (χ3v) is 6.52.